The third-order valence-corrected chi connectivity index (χ3v) is 3.92. The lowest BCUT2D eigenvalue weighted by Crippen LogP contribution is -2.41. The van der Waals surface area contributed by atoms with Crippen LogP contribution in [0.1, 0.15) is 25.3 Å². The van der Waals surface area contributed by atoms with Gasteiger partial charge in [0.05, 0.1) is 10.6 Å². The summed E-state index contributed by atoms with van der Waals surface area (Å²) in [5, 5.41) is 3.44. The lowest BCUT2D eigenvalue weighted by molar-refractivity contribution is 0.00291. The summed E-state index contributed by atoms with van der Waals surface area (Å²) in [6, 6.07) is 2.50. The van der Waals surface area contributed by atoms with Crippen molar-refractivity contribution in [3.8, 4) is 0 Å². The number of halogens is 1. The average molecular weight is 285 g/mol. The van der Waals surface area contributed by atoms with Crippen molar-refractivity contribution in [1.29, 1.82) is 0 Å². The van der Waals surface area contributed by atoms with E-state index in [9.17, 15) is 0 Å². The molecule has 1 aromatic heterocycles. The van der Waals surface area contributed by atoms with Gasteiger partial charge in [-0.2, -0.15) is 0 Å². The highest BCUT2D eigenvalue weighted by Gasteiger charge is 2.30. The number of rotatable bonds is 4. The third kappa shape index (κ3) is 2.55. The average Bonchev–Trinajstić information content (AvgIpc) is 2.21. The van der Waals surface area contributed by atoms with Gasteiger partial charge in [0.25, 0.3) is 0 Å². The van der Waals surface area contributed by atoms with Crippen LogP contribution in [0.4, 0.5) is 5.82 Å². The first-order valence-corrected chi connectivity index (χ1v) is 6.49. The molecule has 88 valence electrons. The fourth-order valence-corrected chi connectivity index (χ4v) is 2.24. The SMILES string of the molecule is CCOC1CC(Nc2nccc(C)c2Br)C1. The van der Waals surface area contributed by atoms with Crippen LogP contribution >= 0.6 is 15.9 Å². The predicted octanol–water partition coefficient (Wildman–Crippen LogP) is 3.13. The van der Waals surface area contributed by atoms with E-state index < -0.39 is 0 Å². The molecule has 0 bridgehead atoms. The lowest BCUT2D eigenvalue weighted by Gasteiger charge is -2.35. The van der Waals surface area contributed by atoms with Gasteiger partial charge in [0.2, 0.25) is 0 Å². The molecule has 1 aliphatic rings. The minimum absolute atomic E-state index is 0.436. The van der Waals surface area contributed by atoms with E-state index in [1.807, 2.05) is 19.2 Å². The molecule has 1 aromatic rings. The topological polar surface area (TPSA) is 34.1 Å². The number of nitrogens with one attached hydrogen (secondary N) is 1. The van der Waals surface area contributed by atoms with Crippen LogP contribution in [0.15, 0.2) is 16.7 Å². The molecular formula is C12H17BrN2O. The van der Waals surface area contributed by atoms with E-state index in [0.29, 0.717) is 12.1 Å². The summed E-state index contributed by atoms with van der Waals surface area (Å²) in [6.45, 7) is 4.92. The van der Waals surface area contributed by atoms with Crippen LogP contribution in [0.2, 0.25) is 0 Å². The number of nitrogens with zero attached hydrogens (tertiary/aromatic N) is 1. The predicted molar refractivity (Wildman–Crippen MR) is 68.7 cm³/mol. The van der Waals surface area contributed by atoms with E-state index in [4.69, 9.17) is 4.74 Å². The molecule has 16 heavy (non-hydrogen) atoms. The molecule has 0 unspecified atom stereocenters. The normalized spacial score (nSPS) is 23.9. The minimum Gasteiger partial charge on any atom is -0.378 e. The quantitative estimate of drug-likeness (QED) is 0.923. The first-order chi connectivity index (χ1) is 7.70. The van der Waals surface area contributed by atoms with Crippen LogP contribution in [-0.4, -0.2) is 23.7 Å². The van der Waals surface area contributed by atoms with Gasteiger partial charge in [-0.15, -0.1) is 0 Å². The summed E-state index contributed by atoms with van der Waals surface area (Å²) >= 11 is 3.55. The maximum absolute atomic E-state index is 5.53. The Morgan fingerprint density at radius 3 is 3.00 bits per heavy atom. The first-order valence-electron chi connectivity index (χ1n) is 5.70. The van der Waals surface area contributed by atoms with Crippen LogP contribution in [0.5, 0.6) is 0 Å². The van der Waals surface area contributed by atoms with Crippen molar-refractivity contribution in [1.82, 2.24) is 4.98 Å². The van der Waals surface area contributed by atoms with E-state index in [2.05, 4.69) is 33.2 Å². The number of aromatic nitrogens is 1. The Morgan fingerprint density at radius 2 is 2.31 bits per heavy atom. The lowest BCUT2D eigenvalue weighted by atomic mass is 9.89. The molecule has 2 rings (SSSR count). The van der Waals surface area contributed by atoms with Crippen molar-refractivity contribution in [3.63, 3.8) is 0 Å². The maximum Gasteiger partial charge on any atom is 0.140 e. The molecule has 1 aliphatic carbocycles. The van der Waals surface area contributed by atoms with E-state index in [0.717, 1.165) is 29.7 Å². The summed E-state index contributed by atoms with van der Waals surface area (Å²) in [5.41, 5.74) is 1.21. The first kappa shape index (κ1) is 11.9. The van der Waals surface area contributed by atoms with Gasteiger partial charge in [0.1, 0.15) is 5.82 Å². The zero-order valence-electron chi connectivity index (χ0n) is 9.66. The van der Waals surface area contributed by atoms with Crippen molar-refractivity contribution >= 4 is 21.7 Å². The van der Waals surface area contributed by atoms with E-state index in [-0.39, 0.29) is 0 Å². The molecule has 0 saturated heterocycles. The van der Waals surface area contributed by atoms with Gasteiger partial charge in [-0.3, -0.25) is 0 Å². The molecule has 0 amide bonds. The second-order valence-corrected chi connectivity index (χ2v) is 4.97. The van der Waals surface area contributed by atoms with Gasteiger partial charge in [0.15, 0.2) is 0 Å². The highest BCUT2D eigenvalue weighted by atomic mass is 79.9. The van der Waals surface area contributed by atoms with Crippen molar-refractivity contribution in [3.05, 3.63) is 22.3 Å². The second kappa shape index (κ2) is 5.15. The second-order valence-electron chi connectivity index (χ2n) is 4.18. The Bertz CT molecular complexity index is 364. The Hall–Kier alpha value is -0.610. The molecule has 1 heterocycles. The van der Waals surface area contributed by atoms with E-state index >= 15 is 0 Å². The van der Waals surface area contributed by atoms with Gasteiger partial charge in [-0.1, -0.05) is 0 Å². The van der Waals surface area contributed by atoms with Crippen molar-refractivity contribution in [2.24, 2.45) is 0 Å². The Morgan fingerprint density at radius 1 is 1.56 bits per heavy atom. The van der Waals surface area contributed by atoms with Crippen LogP contribution in [0.25, 0.3) is 0 Å². The third-order valence-electron chi connectivity index (χ3n) is 2.92. The highest BCUT2D eigenvalue weighted by Crippen LogP contribution is 2.30. The molecule has 4 heteroatoms. The molecule has 3 nitrogen and oxygen atoms in total. The molecule has 0 aliphatic heterocycles. The summed E-state index contributed by atoms with van der Waals surface area (Å²) < 4.78 is 6.59. The Balaban J connectivity index is 1.89. The summed E-state index contributed by atoms with van der Waals surface area (Å²) in [7, 11) is 0. The molecule has 0 radical (unpaired) electrons. The van der Waals surface area contributed by atoms with Crippen LogP contribution in [0, 0.1) is 6.92 Å². The number of ether oxygens (including phenoxy) is 1. The maximum atomic E-state index is 5.53. The number of hydrogen-bond donors (Lipinski definition) is 1. The number of aryl methyl sites for hydroxylation is 1. The summed E-state index contributed by atoms with van der Waals surface area (Å²) in [5.74, 6) is 0.944. The molecular weight excluding hydrogens is 268 g/mol. The van der Waals surface area contributed by atoms with Gasteiger partial charge in [-0.25, -0.2) is 4.98 Å². The van der Waals surface area contributed by atoms with Gasteiger partial charge >= 0.3 is 0 Å². The highest BCUT2D eigenvalue weighted by molar-refractivity contribution is 9.10. The molecule has 0 aromatic carbocycles. The Kier molecular flexibility index (Phi) is 3.82. The van der Waals surface area contributed by atoms with Crippen LogP contribution in [0.3, 0.4) is 0 Å². The fourth-order valence-electron chi connectivity index (χ4n) is 1.89. The number of hydrogen-bond acceptors (Lipinski definition) is 3. The van der Waals surface area contributed by atoms with Gasteiger partial charge in [0, 0.05) is 18.8 Å². The van der Waals surface area contributed by atoms with E-state index in [1.54, 1.807) is 0 Å². The molecule has 1 fully saturated rings. The largest absolute Gasteiger partial charge is 0.378 e. The Labute approximate surface area is 105 Å². The zero-order valence-corrected chi connectivity index (χ0v) is 11.3. The van der Waals surface area contributed by atoms with Crippen molar-refractivity contribution in [2.45, 2.75) is 38.8 Å². The number of anilines is 1. The van der Waals surface area contributed by atoms with Crippen LogP contribution < -0.4 is 5.32 Å². The standard InChI is InChI=1S/C12H17BrN2O/c1-3-16-10-6-9(7-10)15-12-11(13)8(2)4-5-14-12/h4-5,9-10H,3,6-7H2,1-2H3,(H,14,15). The molecule has 1 saturated carbocycles. The van der Waals surface area contributed by atoms with Crippen LogP contribution in [-0.2, 0) is 4.74 Å². The smallest absolute Gasteiger partial charge is 0.140 e. The summed E-state index contributed by atoms with van der Waals surface area (Å²) in [4.78, 5) is 4.33. The van der Waals surface area contributed by atoms with Gasteiger partial charge < -0.3 is 10.1 Å². The minimum atomic E-state index is 0.436. The molecule has 1 N–H and O–H groups in total. The van der Waals surface area contributed by atoms with Crippen molar-refractivity contribution < 1.29 is 4.74 Å². The number of pyridine rings is 1. The van der Waals surface area contributed by atoms with Gasteiger partial charge in [-0.05, 0) is 54.2 Å². The molecule has 0 spiro atoms. The molecule has 0 atom stereocenters. The zero-order chi connectivity index (χ0) is 11.5. The van der Waals surface area contributed by atoms with E-state index in [1.165, 1.54) is 5.56 Å². The fraction of sp³-hybridized carbons (Fsp3) is 0.583. The monoisotopic (exact) mass is 284 g/mol. The summed E-state index contributed by atoms with van der Waals surface area (Å²) in [6.07, 6.45) is 4.43. The van der Waals surface area contributed by atoms with Crippen molar-refractivity contribution in [2.75, 3.05) is 11.9 Å².